The van der Waals surface area contributed by atoms with Crippen molar-refractivity contribution in [1.82, 2.24) is 0 Å². The van der Waals surface area contributed by atoms with Crippen molar-refractivity contribution in [2.24, 2.45) is 0 Å². The summed E-state index contributed by atoms with van der Waals surface area (Å²) in [5, 5.41) is 0. The molecule has 0 saturated carbocycles. The third-order valence-corrected chi connectivity index (χ3v) is 2.12. The summed E-state index contributed by atoms with van der Waals surface area (Å²) in [5.41, 5.74) is 0.177. The maximum atomic E-state index is 11.6. The third kappa shape index (κ3) is 3.01. The van der Waals surface area contributed by atoms with Crippen LogP contribution in [0.4, 0.5) is 0 Å². The van der Waals surface area contributed by atoms with E-state index in [0.717, 1.165) is 0 Å². The van der Waals surface area contributed by atoms with Gasteiger partial charge in [-0.05, 0) is 18.2 Å². The van der Waals surface area contributed by atoms with Crippen molar-refractivity contribution in [2.45, 2.75) is 0 Å². The maximum Gasteiger partial charge on any atom is 0.338 e. The van der Waals surface area contributed by atoms with Crippen LogP contribution in [0.2, 0.25) is 0 Å². The number of carbonyl (C=O) groups is 2. The number of terminal acetylenes is 1. The highest BCUT2D eigenvalue weighted by atomic mass is 16.5. The van der Waals surface area contributed by atoms with Gasteiger partial charge >= 0.3 is 11.9 Å². The Morgan fingerprint density at radius 1 is 1.17 bits per heavy atom. The van der Waals surface area contributed by atoms with Crippen LogP contribution >= 0.6 is 0 Å². The molecule has 1 aromatic rings. The molecular formula is C13H12O5. The van der Waals surface area contributed by atoms with Gasteiger partial charge in [-0.3, -0.25) is 0 Å². The van der Waals surface area contributed by atoms with Crippen LogP contribution in [0.3, 0.4) is 0 Å². The van der Waals surface area contributed by atoms with Gasteiger partial charge in [-0.25, -0.2) is 9.59 Å². The summed E-state index contributed by atoms with van der Waals surface area (Å²) in [4.78, 5) is 23.0. The number of benzene rings is 1. The fraction of sp³-hybridized carbons (Fsp3) is 0.231. The molecule has 1 aromatic carbocycles. The van der Waals surface area contributed by atoms with Crippen LogP contribution in [-0.2, 0) is 9.47 Å². The Balaban J connectivity index is 3.17. The summed E-state index contributed by atoms with van der Waals surface area (Å²) in [6.07, 6.45) is 5.06. The summed E-state index contributed by atoms with van der Waals surface area (Å²) in [7, 11) is 2.45. The molecule has 5 nitrogen and oxygen atoms in total. The average molecular weight is 248 g/mol. The monoisotopic (exact) mass is 248 g/mol. The molecular weight excluding hydrogens is 236 g/mol. The molecule has 0 aliphatic carbocycles. The van der Waals surface area contributed by atoms with Gasteiger partial charge in [0.2, 0.25) is 0 Å². The van der Waals surface area contributed by atoms with Gasteiger partial charge in [0.1, 0.15) is 12.4 Å². The van der Waals surface area contributed by atoms with E-state index in [4.69, 9.17) is 11.2 Å². The molecule has 0 aromatic heterocycles. The van der Waals surface area contributed by atoms with Crippen LogP contribution in [0.1, 0.15) is 20.7 Å². The van der Waals surface area contributed by atoms with Crippen molar-refractivity contribution in [1.29, 1.82) is 0 Å². The van der Waals surface area contributed by atoms with Gasteiger partial charge in [0.15, 0.2) is 0 Å². The molecule has 0 fully saturated rings. The van der Waals surface area contributed by atoms with Crippen LogP contribution in [0, 0.1) is 12.3 Å². The fourth-order valence-corrected chi connectivity index (χ4v) is 1.30. The minimum atomic E-state index is -0.651. The zero-order chi connectivity index (χ0) is 13.5. The van der Waals surface area contributed by atoms with Crippen molar-refractivity contribution in [3.05, 3.63) is 29.3 Å². The van der Waals surface area contributed by atoms with E-state index in [1.165, 1.54) is 32.4 Å². The quantitative estimate of drug-likeness (QED) is 0.593. The third-order valence-electron chi connectivity index (χ3n) is 2.12. The number of hydrogen-bond donors (Lipinski definition) is 0. The molecule has 1 rings (SSSR count). The Labute approximate surface area is 105 Å². The maximum absolute atomic E-state index is 11.6. The van der Waals surface area contributed by atoms with Gasteiger partial charge < -0.3 is 14.2 Å². The first-order chi connectivity index (χ1) is 8.63. The Bertz CT molecular complexity index is 499. The molecule has 0 heterocycles. The second kappa shape index (κ2) is 6.30. The van der Waals surface area contributed by atoms with E-state index in [-0.39, 0.29) is 17.7 Å². The van der Waals surface area contributed by atoms with E-state index >= 15 is 0 Å². The highest BCUT2D eigenvalue weighted by Crippen LogP contribution is 2.19. The minimum absolute atomic E-state index is 0.0676. The van der Waals surface area contributed by atoms with E-state index in [0.29, 0.717) is 5.75 Å². The topological polar surface area (TPSA) is 61.8 Å². The van der Waals surface area contributed by atoms with Crippen molar-refractivity contribution in [3.8, 4) is 18.1 Å². The van der Waals surface area contributed by atoms with E-state index in [9.17, 15) is 9.59 Å². The SMILES string of the molecule is C#CCOc1ccc(C(=O)OC)c(C(=O)OC)c1. The Morgan fingerprint density at radius 3 is 2.33 bits per heavy atom. The van der Waals surface area contributed by atoms with Crippen molar-refractivity contribution >= 4 is 11.9 Å². The number of rotatable bonds is 4. The van der Waals surface area contributed by atoms with Gasteiger partial charge in [0, 0.05) is 0 Å². The zero-order valence-corrected chi connectivity index (χ0v) is 10.1. The van der Waals surface area contributed by atoms with Crippen molar-refractivity contribution < 1.29 is 23.8 Å². The lowest BCUT2D eigenvalue weighted by Gasteiger charge is -2.08. The molecule has 0 unspecified atom stereocenters. The van der Waals surface area contributed by atoms with Gasteiger partial charge in [0.25, 0.3) is 0 Å². The fourth-order valence-electron chi connectivity index (χ4n) is 1.30. The van der Waals surface area contributed by atoms with Crippen LogP contribution in [0.25, 0.3) is 0 Å². The smallest absolute Gasteiger partial charge is 0.338 e. The van der Waals surface area contributed by atoms with Gasteiger partial charge in [-0.1, -0.05) is 5.92 Å². The standard InChI is InChI=1S/C13H12O5/c1-4-7-18-9-5-6-10(12(14)16-2)11(8-9)13(15)17-3/h1,5-6,8H,7H2,2-3H3. The molecule has 0 aliphatic rings. The molecule has 0 saturated heterocycles. The van der Waals surface area contributed by atoms with Gasteiger partial charge in [-0.2, -0.15) is 0 Å². The van der Waals surface area contributed by atoms with Gasteiger partial charge in [0.05, 0.1) is 25.3 Å². The lowest BCUT2D eigenvalue weighted by molar-refractivity contribution is 0.0555. The normalized spacial score (nSPS) is 9.17. The van der Waals surface area contributed by atoms with Crippen LogP contribution in [0.5, 0.6) is 5.75 Å². The summed E-state index contributed by atoms with van der Waals surface area (Å²) < 4.78 is 14.3. The van der Waals surface area contributed by atoms with E-state index in [1.54, 1.807) is 0 Å². The first-order valence-electron chi connectivity index (χ1n) is 5.01. The number of hydrogen-bond acceptors (Lipinski definition) is 5. The number of carbonyl (C=O) groups excluding carboxylic acids is 2. The Morgan fingerprint density at radius 2 is 1.78 bits per heavy atom. The van der Waals surface area contributed by atoms with E-state index < -0.39 is 11.9 Å². The summed E-state index contributed by atoms with van der Waals surface area (Å²) in [6.45, 7) is 0.0676. The van der Waals surface area contributed by atoms with E-state index in [2.05, 4.69) is 15.4 Å². The largest absolute Gasteiger partial charge is 0.481 e. The Kier molecular flexibility index (Phi) is 4.76. The molecule has 0 N–H and O–H groups in total. The zero-order valence-electron chi connectivity index (χ0n) is 10.1. The predicted molar refractivity (Wildman–Crippen MR) is 63.4 cm³/mol. The van der Waals surface area contributed by atoms with Gasteiger partial charge in [-0.15, -0.1) is 6.42 Å². The number of esters is 2. The molecule has 0 aliphatic heterocycles. The summed E-state index contributed by atoms with van der Waals surface area (Å²) >= 11 is 0. The molecule has 0 amide bonds. The average Bonchev–Trinajstić information content (AvgIpc) is 2.43. The molecule has 94 valence electrons. The summed E-state index contributed by atoms with van der Waals surface area (Å²) in [5.74, 6) is 1.40. The molecule has 0 atom stereocenters. The van der Waals surface area contributed by atoms with Crippen LogP contribution in [0.15, 0.2) is 18.2 Å². The lowest BCUT2D eigenvalue weighted by Crippen LogP contribution is -2.12. The van der Waals surface area contributed by atoms with Crippen molar-refractivity contribution in [3.63, 3.8) is 0 Å². The molecule has 5 heteroatoms. The predicted octanol–water partition coefficient (Wildman–Crippen LogP) is 1.27. The second-order valence-electron chi connectivity index (χ2n) is 3.18. The highest BCUT2D eigenvalue weighted by molar-refractivity contribution is 6.03. The highest BCUT2D eigenvalue weighted by Gasteiger charge is 2.19. The van der Waals surface area contributed by atoms with Crippen LogP contribution < -0.4 is 4.74 Å². The summed E-state index contributed by atoms with van der Waals surface area (Å²) in [6, 6.07) is 4.33. The number of methoxy groups -OCH3 is 2. The van der Waals surface area contributed by atoms with Crippen LogP contribution in [-0.4, -0.2) is 32.8 Å². The minimum Gasteiger partial charge on any atom is -0.481 e. The first kappa shape index (κ1) is 13.6. The van der Waals surface area contributed by atoms with Crippen molar-refractivity contribution in [2.75, 3.05) is 20.8 Å². The molecule has 0 bridgehead atoms. The first-order valence-corrected chi connectivity index (χ1v) is 5.01. The number of ether oxygens (including phenoxy) is 3. The molecule has 18 heavy (non-hydrogen) atoms. The lowest BCUT2D eigenvalue weighted by atomic mass is 10.1. The molecule has 0 spiro atoms. The molecule has 0 radical (unpaired) electrons. The van der Waals surface area contributed by atoms with E-state index in [1.807, 2.05) is 0 Å². The second-order valence-corrected chi connectivity index (χ2v) is 3.18. The Hall–Kier alpha value is -2.48.